The Bertz CT molecular complexity index is 758. The summed E-state index contributed by atoms with van der Waals surface area (Å²) in [4.78, 5) is 12.5. The molecule has 4 rings (SSSR count). The minimum absolute atomic E-state index is 0.204. The summed E-state index contributed by atoms with van der Waals surface area (Å²) in [6, 6.07) is 7.37. The van der Waals surface area contributed by atoms with Gasteiger partial charge in [0.15, 0.2) is 17.3 Å². The summed E-state index contributed by atoms with van der Waals surface area (Å²) < 4.78 is 13.7. The maximum absolute atomic E-state index is 12.5. The number of nitrogens with one attached hydrogen (secondary N) is 1. The highest BCUT2D eigenvalue weighted by Gasteiger charge is 2.34. The van der Waals surface area contributed by atoms with Gasteiger partial charge in [-0.3, -0.25) is 4.79 Å². The van der Waals surface area contributed by atoms with E-state index in [-0.39, 0.29) is 12.0 Å². The zero-order valence-electron chi connectivity index (χ0n) is 13.6. The van der Waals surface area contributed by atoms with Crippen LogP contribution in [-0.2, 0) is 24.3 Å². The fourth-order valence-electron chi connectivity index (χ4n) is 3.17. The van der Waals surface area contributed by atoms with E-state index in [9.17, 15) is 4.79 Å². The number of para-hydroxylation sites is 2. The standard InChI is InChI=1S/C17H20N4O3/c1-11-16(24-13-7-3-2-6-12(13)23-11)17(22)18-10-15-20-19-14-8-4-5-9-21(14)15/h2-3,6-7,11,16H,4-5,8-10H2,1H3,(H,18,22)/t11-,16-/m0/s1. The highest BCUT2D eigenvalue weighted by atomic mass is 16.6. The van der Waals surface area contributed by atoms with Crippen LogP contribution < -0.4 is 14.8 Å². The normalized spacial score (nSPS) is 21.9. The highest BCUT2D eigenvalue weighted by Crippen LogP contribution is 2.33. The number of amides is 1. The average molecular weight is 328 g/mol. The predicted molar refractivity (Wildman–Crippen MR) is 85.8 cm³/mol. The molecule has 7 heteroatoms. The lowest BCUT2D eigenvalue weighted by atomic mass is 10.1. The van der Waals surface area contributed by atoms with Crippen LogP contribution in [0.1, 0.15) is 31.4 Å². The number of carbonyl (C=O) groups is 1. The molecule has 1 aromatic heterocycles. The van der Waals surface area contributed by atoms with E-state index in [1.165, 1.54) is 0 Å². The lowest BCUT2D eigenvalue weighted by Gasteiger charge is -2.31. The summed E-state index contributed by atoms with van der Waals surface area (Å²) in [5.41, 5.74) is 0. The molecule has 1 aromatic carbocycles. The van der Waals surface area contributed by atoms with E-state index in [0.717, 1.165) is 37.5 Å². The summed E-state index contributed by atoms with van der Waals surface area (Å²) in [7, 11) is 0. The molecule has 0 saturated carbocycles. The van der Waals surface area contributed by atoms with Crippen molar-refractivity contribution in [3.05, 3.63) is 35.9 Å². The lowest BCUT2D eigenvalue weighted by Crippen LogP contribution is -2.49. The van der Waals surface area contributed by atoms with Gasteiger partial charge in [-0.2, -0.15) is 0 Å². The van der Waals surface area contributed by atoms with Crippen LogP contribution in [0.5, 0.6) is 11.5 Å². The van der Waals surface area contributed by atoms with Gasteiger partial charge in [-0.15, -0.1) is 10.2 Å². The van der Waals surface area contributed by atoms with Crippen LogP contribution in [0, 0.1) is 0 Å². The van der Waals surface area contributed by atoms with Gasteiger partial charge in [0, 0.05) is 13.0 Å². The van der Waals surface area contributed by atoms with Gasteiger partial charge in [-0.1, -0.05) is 12.1 Å². The smallest absolute Gasteiger partial charge is 0.265 e. The van der Waals surface area contributed by atoms with Gasteiger partial charge in [0.1, 0.15) is 11.9 Å². The largest absolute Gasteiger partial charge is 0.482 e. The summed E-state index contributed by atoms with van der Waals surface area (Å²) in [6.45, 7) is 3.10. The van der Waals surface area contributed by atoms with Crippen molar-refractivity contribution in [3.8, 4) is 11.5 Å². The van der Waals surface area contributed by atoms with Crippen LogP contribution in [0.25, 0.3) is 0 Å². The maximum atomic E-state index is 12.5. The zero-order chi connectivity index (χ0) is 16.5. The molecule has 126 valence electrons. The van der Waals surface area contributed by atoms with Crippen molar-refractivity contribution in [2.45, 2.75) is 51.5 Å². The summed E-state index contributed by atoms with van der Waals surface area (Å²) in [5.74, 6) is 2.86. The molecule has 2 aliphatic heterocycles. The van der Waals surface area contributed by atoms with Gasteiger partial charge >= 0.3 is 0 Å². The summed E-state index contributed by atoms with van der Waals surface area (Å²) >= 11 is 0. The van der Waals surface area contributed by atoms with E-state index in [1.807, 2.05) is 25.1 Å². The molecule has 1 amide bonds. The minimum Gasteiger partial charge on any atom is -0.482 e. The summed E-state index contributed by atoms with van der Waals surface area (Å²) in [6.07, 6.45) is 2.19. The number of aromatic nitrogens is 3. The topological polar surface area (TPSA) is 78.3 Å². The van der Waals surface area contributed by atoms with Gasteiger partial charge in [0.05, 0.1) is 6.54 Å². The van der Waals surface area contributed by atoms with Crippen molar-refractivity contribution < 1.29 is 14.3 Å². The van der Waals surface area contributed by atoms with Crippen LogP contribution in [0.15, 0.2) is 24.3 Å². The SMILES string of the molecule is C[C@@H]1Oc2ccccc2O[C@@H]1C(=O)NCc1nnc2n1CCCC2. The third kappa shape index (κ3) is 2.70. The number of ether oxygens (including phenoxy) is 2. The molecule has 2 atom stereocenters. The highest BCUT2D eigenvalue weighted by molar-refractivity contribution is 5.82. The number of rotatable bonds is 3. The number of aryl methyl sites for hydroxylation is 1. The Balaban J connectivity index is 1.42. The van der Waals surface area contributed by atoms with E-state index >= 15 is 0 Å². The molecule has 2 aliphatic rings. The number of nitrogens with zero attached hydrogens (tertiary/aromatic N) is 3. The monoisotopic (exact) mass is 328 g/mol. The van der Waals surface area contributed by atoms with Crippen molar-refractivity contribution in [3.63, 3.8) is 0 Å². The number of hydrogen-bond donors (Lipinski definition) is 1. The van der Waals surface area contributed by atoms with E-state index in [1.54, 1.807) is 6.07 Å². The molecule has 2 aromatic rings. The quantitative estimate of drug-likeness (QED) is 0.923. The zero-order valence-corrected chi connectivity index (χ0v) is 13.6. The van der Waals surface area contributed by atoms with Gasteiger partial charge in [0.2, 0.25) is 6.10 Å². The second-order valence-corrected chi connectivity index (χ2v) is 6.17. The third-order valence-electron chi connectivity index (χ3n) is 4.46. The van der Waals surface area contributed by atoms with E-state index in [4.69, 9.17) is 9.47 Å². The Morgan fingerprint density at radius 3 is 2.88 bits per heavy atom. The summed E-state index contributed by atoms with van der Waals surface area (Å²) in [5, 5.41) is 11.3. The second kappa shape index (κ2) is 6.14. The molecule has 0 fully saturated rings. The molecule has 3 heterocycles. The van der Waals surface area contributed by atoms with E-state index in [0.29, 0.717) is 18.0 Å². The van der Waals surface area contributed by atoms with Crippen molar-refractivity contribution in [1.82, 2.24) is 20.1 Å². The van der Waals surface area contributed by atoms with Crippen molar-refractivity contribution in [1.29, 1.82) is 0 Å². The molecule has 0 spiro atoms. The molecular formula is C17H20N4O3. The second-order valence-electron chi connectivity index (χ2n) is 6.17. The molecule has 0 saturated heterocycles. The molecule has 1 N–H and O–H groups in total. The van der Waals surface area contributed by atoms with Crippen molar-refractivity contribution in [2.24, 2.45) is 0 Å². The lowest BCUT2D eigenvalue weighted by molar-refractivity contribution is -0.133. The Kier molecular flexibility index (Phi) is 3.84. The Hall–Kier alpha value is -2.57. The van der Waals surface area contributed by atoms with Gasteiger partial charge in [-0.05, 0) is 31.9 Å². The average Bonchev–Trinajstić information content (AvgIpc) is 3.02. The molecule has 0 unspecified atom stereocenters. The molecule has 7 nitrogen and oxygen atoms in total. The Morgan fingerprint density at radius 1 is 1.25 bits per heavy atom. The number of hydrogen-bond acceptors (Lipinski definition) is 5. The van der Waals surface area contributed by atoms with E-state index in [2.05, 4.69) is 20.1 Å². The predicted octanol–water partition coefficient (Wildman–Crippen LogP) is 1.46. The number of carbonyl (C=O) groups excluding carboxylic acids is 1. The molecule has 0 bridgehead atoms. The van der Waals surface area contributed by atoms with E-state index < -0.39 is 6.10 Å². The van der Waals surface area contributed by atoms with Crippen LogP contribution in [0.3, 0.4) is 0 Å². The fourth-order valence-corrected chi connectivity index (χ4v) is 3.17. The first kappa shape index (κ1) is 15.0. The van der Waals surface area contributed by atoms with Gasteiger partial charge in [-0.25, -0.2) is 0 Å². The van der Waals surface area contributed by atoms with Crippen LogP contribution in [0.4, 0.5) is 0 Å². The van der Waals surface area contributed by atoms with Crippen LogP contribution in [-0.4, -0.2) is 32.9 Å². The van der Waals surface area contributed by atoms with Crippen molar-refractivity contribution in [2.75, 3.05) is 0 Å². The minimum atomic E-state index is -0.677. The third-order valence-corrected chi connectivity index (χ3v) is 4.46. The van der Waals surface area contributed by atoms with Gasteiger partial charge in [0.25, 0.3) is 5.91 Å². The van der Waals surface area contributed by atoms with Gasteiger partial charge < -0.3 is 19.4 Å². The fraction of sp³-hybridized carbons (Fsp3) is 0.471. The molecular weight excluding hydrogens is 308 g/mol. The first-order chi connectivity index (χ1) is 11.7. The first-order valence-corrected chi connectivity index (χ1v) is 8.33. The Labute approximate surface area is 140 Å². The Morgan fingerprint density at radius 2 is 2.04 bits per heavy atom. The number of benzene rings is 1. The molecule has 24 heavy (non-hydrogen) atoms. The molecule has 0 radical (unpaired) electrons. The van der Waals surface area contributed by atoms with Crippen LogP contribution >= 0.6 is 0 Å². The van der Waals surface area contributed by atoms with Crippen molar-refractivity contribution >= 4 is 5.91 Å². The first-order valence-electron chi connectivity index (χ1n) is 8.33. The van der Waals surface area contributed by atoms with Crippen LogP contribution in [0.2, 0.25) is 0 Å². The number of fused-ring (bicyclic) bond motifs is 2. The molecule has 0 aliphatic carbocycles. The maximum Gasteiger partial charge on any atom is 0.265 e.